The number of amides is 1. The molecule has 0 N–H and O–H groups in total. The van der Waals surface area contributed by atoms with E-state index in [2.05, 4.69) is 0 Å². The number of thioether (sulfide) groups is 1. The summed E-state index contributed by atoms with van der Waals surface area (Å²) in [5.74, 6) is 1.13. The number of hydrogen-bond acceptors (Lipinski definition) is 4. The SMILES string of the molecule is O=C(CSCc1ccc(Cl)cc1)N(c1ccccc1)[C@@H]1CCS(=O)(=O)C1. The largest absolute Gasteiger partial charge is 0.308 e. The lowest BCUT2D eigenvalue weighted by atomic mass is 10.2. The fourth-order valence-corrected chi connectivity index (χ4v) is 5.70. The molecule has 0 unspecified atom stereocenters. The van der Waals surface area contributed by atoms with E-state index in [1.165, 1.54) is 11.8 Å². The Morgan fingerprint density at radius 2 is 1.81 bits per heavy atom. The highest BCUT2D eigenvalue weighted by atomic mass is 35.5. The molecule has 26 heavy (non-hydrogen) atoms. The molecule has 4 nitrogen and oxygen atoms in total. The number of carbonyl (C=O) groups excluding carboxylic acids is 1. The Labute approximate surface area is 163 Å². The van der Waals surface area contributed by atoms with Crippen LogP contribution in [0.3, 0.4) is 0 Å². The smallest absolute Gasteiger partial charge is 0.237 e. The van der Waals surface area contributed by atoms with E-state index in [-0.39, 0.29) is 23.5 Å². The van der Waals surface area contributed by atoms with E-state index in [1.807, 2.05) is 54.6 Å². The maximum absolute atomic E-state index is 12.9. The molecule has 0 saturated carbocycles. The van der Waals surface area contributed by atoms with Crippen molar-refractivity contribution in [1.29, 1.82) is 0 Å². The van der Waals surface area contributed by atoms with Crippen molar-refractivity contribution < 1.29 is 13.2 Å². The number of rotatable bonds is 6. The van der Waals surface area contributed by atoms with Crippen LogP contribution >= 0.6 is 23.4 Å². The Bertz CT molecular complexity index is 854. The molecule has 1 amide bonds. The van der Waals surface area contributed by atoms with Gasteiger partial charge in [-0.05, 0) is 36.2 Å². The Balaban J connectivity index is 1.68. The van der Waals surface area contributed by atoms with Crippen molar-refractivity contribution in [1.82, 2.24) is 0 Å². The normalized spacial score (nSPS) is 18.6. The fourth-order valence-electron chi connectivity index (χ4n) is 3.03. The zero-order chi connectivity index (χ0) is 18.6. The molecular formula is C19H20ClNO3S2. The van der Waals surface area contributed by atoms with Gasteiger partial charge in [0.25, 0.3) is 0 Å². The first-order chi connectivity index (χ1) is 12.4. The van der Waals surface area contributed by atoms with E-state index >= 15 is 0 Å². The van der Waals surface area contributed by atoms with E-state index in [4.69, 9.17) is 11.6 Å². The molecule has 2 aromatic carbocycles. The van der Waals surface area contributed by atoms with Gasteiger partial charge >= 0.3 is 0 Å². The Hall–Kier alpha value is -1.50. The topological polar surface area (TPSA) is 54.5 Å². The van der Waals surface area contributed by atoms with E-state index in [1.54, 1.807) is 4.90 Å². The number of halogens is 1. The molecule has 2 aromatic rings. The molecule has 0 aliphatic carbocycles. The maximum Gasteiger partial charge on any atom is 0.237 e. The highest BCUT2D eigenvalue weighted by Crippen LogP contribution is 2.26. The lowest BCUT2D eigenvalue weighted by Gasteiger charge is -2.28. The summed E-state index contributed by atoms with van der Waals surface area (Å²) in [6.07, 6.45) is 0.491. The van der Waals surface area contributed by atoms with Gasteiger partial charge in [-0.2, -0.15) is 0 Å². The molecule has 1 saturated heterocycles. The second-order valence-electron chi connectivity index (χ2n) is 6.28. The molecule has 0 spiro atoms. The molecule has 1 atom stereocenters. The van der Waals surface area contributed by atoms with Gasteiger partial charge in [-0.15, -0.1) is 11.8 Å². The van der Waals surface area contributed by atoms with Crippen LogP contribution in [0.2, 0.25) is 5.02 Å². The van der Waals surface area contributed by atoms with Crippen LogP contribution in [0.15, 0.2) is 54.6 Å². The number of carbonyl (C=O) groups is 1. The van der Waals surface area contributed by atoms with Crippen LogP contribution in [-0.4, -0.2) is 37.6 Å². The number of sulfone groups is 1. The second-order valence-corrected chi connectivity index (χ2v) is 9.93. The third-order valence-corrected chi connectivity index (χ3v) is 7.27. The van der Waals surface area contributed by atoms with Crippen LogP contribution in [0.5, 0.6) is 0 Å². The fraction of sp³-hybridized carbons (Fsp3) is 0.316. The third kappa shape index (κ3) is 5.02. The van der Waals surface area contributed by atoms with Gasteiger partial charge in [0.2, 0.25) is 5.91 Å². The molecule has 3 rings (SSSR count). The quantitative estimate of drug-likeness (QED) is 0.728. The van der Waals surface area contributed by atoms with Crippen LogP contribution in [0.1, 0.15) is 12.0 Å². The van der Waals surface area contributed by atoms with Gasteiger partial charge in [0.05, 0.1) is 23.3 Å². The summed E-state index contributed by atoms with van der Waals surface area (Å²) < 4.78 is 23.7. The predicted molar refractivity (Wildman–Crippen MR) is 109 cm³/mol. The molecular weight excluding hydrogens is 390 g/mol. The first-order valence-corrected chi connectivity index (χ1v) is 11.7. The highest BCUT2D eigenvalue weighted by molar-refractivity contribution is 7.99. The number of nitrogens with zero attached hydrogens (tertiary/aromatic N) is 1. The summed E-state index contributed by atoms with van der Waals surface area (Å²) in [5, 5.41) is 0.688. The van der Waals surface area contributed by atoms with Crippen molar-refractivity contribution in [3.05, 3.63) is 65.2 Å². The molecule has 1 aliphatic rings. The number of anilines is 1. The van der Waals surface area contributed by atoms with E-state index < -0.39 is 9.84 Å². The van der Waals surface area contributed by atoms with E-state index in [9.17, 15) is 13.2 Å². The van der Waals surface area contributed by atoms with Gasteiger partial charge in [0.15, 0.2) is 9.84 Å². The molecule has 7 heteroatoms. The minimum atomic E-state index is -3.06. The predicted octanol–water partition coefficient (Wildman–Crippen LogP) is 3.79. The van der Waals surface area contributed by atoms with Gasteiger partial charge in [-0.1, -0.05) is 41.9 Å². The van der Waals surface area contributed by atoms with Gasteiger partial charge in [0.1, 0.15) is 0 Å². The van der Waals surface area contributed by atoms with Crippen molar-refractivity contribution in [3.63, 3.8) is 0 Å². The van der Waals surface area contributed by atoms with Gasteiger partial charge in [-0.25, -0.2) is 8.42 Å². The zero-order valence-corrected chi connectivity index (χ0v) is 16.6. The minimum Gasteiger partial charge on any atom is -0.308 e. The van der Waals surface area contributed by atoms with Crippen LogP contribution in [-0.2, 0) is 20.4 Å². The molecule has 0 aromatic heterocycles. The number of hydrogen-bond donors (Lipinski definition) is 0. The minimum absolute atomic E-state index is 0.0372. The molecule has 0 bridgehead atoms. The average molecular weight is 410 g/mol. The number of benzene rings is 2. The summed E-state index contributed by atoms with van der Waals surface area (Å²) in [6, 6.07) is 16.6. The average Bonchev–Trinajstić information content (AvgIpc) is 2.97. The van der Waals surface area contributed by atoms with Crippen LogP contribution < -0.4 is 4.90 Å². The van der Waals surface area contributed by atoms with Gasteiger partial charge in [-0.3, -0.25) is 4.79 Å². The standard InChI is InChI=1S/C19H20ClNO3S2/c20-16-8-6-15(7-9-16)12-25-13-19(22)21(17-4-2-1-3-5-17)18-10-11-26(23,24)14-18/h1-9,18H,10-14H2/t18-/m1/s1. The summed E-state index contributed by atoms with van der Waals surface area (Å²) in [6.45, 7) is 0. The Morgan fingerprint density at radius 3 is 2.42 bits per heavy atom. The first-order valence-electron chi connectivity index (χ1n) is 8.34. The summed E-state index contributed by atoms with van der Waals surface area (Å²) in [5.41, 5.74) is 1.86. The van der Waals surface area contributed by atoms with E-state index in [0.29, 0.717) is 22.9 Å². The van der Waals surface area contributed by atoms with Crippen LogP contribution in [0.4, 0.5) is 5.69 Å². The van der Waals surface area contributed by atoms with Crippen molar-refractivity contribution in [3.8, 4) is 0 Å². The van der Waals surface area contributed by atoms with Crippen molar-refractivity contribution >= 4 is 44.8 Å². The molecule has 1 fully saturated rings. The summed E-state index contributed by atoms with van der Waals surface area (Å²) in [4.78, 5) is 14.5. The zero-order valence-electron chi connectivity index (χ0n) is 14.2. The Morgan fingerprint density at radius 1 is 1.12 bits per heavy atom. The van der Waals surface area contributed by atoms with Gasteiger partial charge in [0, 0.05) is 16.5 Å². The van der Waals surface area contributed by atoms with Crippen LogP contribution in [0.25, 0.3) is 0 Å². The van der Waals surface area contributed by atoms with Crippen molar-refractivity contribution in [2.24, 2.45) is 0 Å². The molecule has 0 radical (unpaired) electrons. The lowest BCUT2D eigenvalue weighted by molar-refractivity contribution is -0.116. The highest BCUT2D eigenvalue weighted by Gasteiger charge is 2.35. The van der Waals surface area contributed by atoms with E-state index in [0.717, 1.165) is 11.3 Å². The summed E-state index contributed by atoms with van der Waals surface area (Å²) in [7, 11) is -3.06. The molecule has 1 heterocycles. The van der Waals surface area contributed by atoms with Crippen molar-refractivity contribution in [2.45, 2.75) is 18.2 Å². The first kappa shape index (κ1) is 19.3. The number of para-hydroxylation sites is 1. The molecule has 1 aliphatic heterocycles. The third-order valence-electron chi connectivity index (χ3n) is 4.28. The van der Waals surface area contributed by atoms with Crippen molar-refractivity contribution in [2.75, 3.05) is 22.2 Å². The van der Waals surface area contributed by atoms with Gasteiger partial charge < -0.3 is 4.90 Å². The monoisotopic (exact) mass is 409 g/mol. The lowest BCUT2D eigenvalue weighted by Crippen LogP contribution is -2.42. The maximum atomic E-state index is 12.9. The van der Waals surface area contributed by atoms with Crippen LogP contribution in [0, 0.1) is 0 Å². The molecule has 138 valence electrons. The summed E-state index contributed by atoms with van der Waals surface area (Å²) >= 11 is 7.40. The second kappa shape index (κ2) is 8.46. The Kier molecular flexibility index (Phi) is 6.27.